The van der Waals surface area contributed by atoms with E-state index in [0.717, 1.165) is 0 Å². The Morgan fingerprint density at radius 1 is 1.43 bits per heavy atom. The van der Waals surface area contributed by atoms with Crippen LogP contribution in [0.3, 0.4) is 0 Å². The Kier molecular flexibility index (Phi) is 5.16. The zero-order valence-electron chi connectivity index (χ0n) is 14.6. The van der Waals surface area contributed by atoms with Crippen molar-refractivity contribution in [1.29, 1.82) is 5.26 Å². The quantitative estimate of drug-likeness (QED) is 0.721. The number of aromatic amines is 1. The summed E-state index contributed by atoms with van der Waals surface area (Å²) in [6.45, 7) is 2.13. The normalized spacial score (nSPS) is 16.2. The van der Waals surface area contributed by atoms with Gasteiger partial charge in [0.25, 0.3) is 0 Å². The van der Waals surface area contributed by atoms with E-state index >= 15 is 0 Å². The number of halogens is 4. The molecule has 0 saturated carbocycles. The molecule has 0 saturated heterocycles. The van der Waals surface area contributed by atoms with Crippen molar-refractivity contribution in [2.75, 3.05) is 13.7 Å². The number of fused-ring (bicyclic) bond motifs is 1. The Morgan fingerprint density at radius 2 is 2.14 bits per heavy atom. The van der Waals surface area contributed by atoms with E-state index in [1.165, 1.54) is 13.2 Å². The molecule has 1 atom stereocenters. The lowest BCUT2D eigenvalue weighted by atomic mass is 9.83. The second kappa shape index (κ2) is 7.27. The molecule has 0 amide bonds. The van der Waals surface area contributed by atoms with E-state index in [0.29, 0.717) is 22.4 Å². The zero-order valence-corrected chi connectivity index (χ0v) is 16.2. The number of nitriles is 1. The number of ether oxygens (including phenoxy) is 3. The van der Waals surface area contributed by atoms with E-state index in [1.54, 1.807) is 13.0 Å². The maximum absolute atomic E-state index is 13.5. The predicted octanol–water partition coefficient (Wildman–Crippen LogP) is 3.82. The third-order valence-electron chi connectivity index (χ3n) is 4.10. The molecule has 0 bridgehead atoms. The minimum Gasteiger partial charge on any atom is -0.493 e. The van der Waals surface area contributed by atoms with Gasteiger partial charge in [-0.3, -0.25) is 5.10 Å². The van der Waals surface area contributed by atoms with E-state index in [-0.39, 0.29) is 28.6 Å². The number of allylic oxidation sites excluding steroid dienone is 1. The predicted molar refractivity (Wildman–Crippen MR) is 94.8 cm³/mol. The summed E-state index contributed by atoms with van der Waals surface area (Å²) in [4.78, 5) is 0. The van der Waals surface area contributed by atoms with E-state index in [9.17, 15) is 18.4 Å². The number of nitrogens with one attached hydrogen (secondary N) is 1. The zero-order chi connectivity index (χ0) is 20.6. The van der Waals surface area contributed by atoms with Crippen LogP contribution in [0.15, 0.2) is 28.1 Å². The molecule has 1 aliphatic rings. The number of rotatable bonds is 4. The highest BCUT2D eigenvalue weighted by molar-refractivity contribution is 9.10. The monoisotopic (exact) mass is 458 g/mol. The fourth-order valence-electron chi connectivity index (χ4n) is 2.99. The molecule has 0 spiro atoms. The minimum absolute atomic E-state index is 0.169. The summed E-state index contributed by atoms with van der Waals surface area (Å²) >= 11 is 3.34. The lowest BCUT2D eigenvalue weighted by Crippen LogP contribution is -2.23. The van der Waals surface area contributed by atoms with Gasteiger partial charge in [0.15, 0.2) is 11.5 Å². The van der Waals surface area contributed by atoms with Crippen LogP contribution in [0.2, 0.25) is 0 Å². The number of hydrogen-bond acceptors (Lipinski definition) is 6. The average Bonchev–Trinajstić information content (AvgIpc) is 3.05. The van der Waals surface area contributed by atoms with Gasteiger partial charge in [0.1, 0.15) is 17.3 Å². The number of benzene rings is 1. The topological polar surface area (TPSA) is 106 Å². The molecule has 3 rings (SSSR count). The highest BCUT2D eigenvalue weighted by Gasteiger charge is 2.44. The van der Waals surface area contributed by atoms with Crippen molar-refractivity contribution in [2.24, 2.45) is 5.73 Å². The number of aromatic nitrogens is 2. The van der Waals surface area contributed by atoms with E-state index < -0.39 is 17.8 Å². The Bertz CT molecular complexity index is 995. The lowest BCUT2D eigenvalue weighted by molar-refractivity contribution is -0.141. The molecule has 0 fully saturated rings. The summed E-state index contributed by atoms with van der Waals surface area (Å²) < 4.78 is 56.9. The van der Waals surface area contributed by atoms with Crippen molar-refractivity contribution in [3.05, 3.63) is 44.9 Å². The van der Waals surface area contributed by atoms with Crippen LogP contribution in [0.1, 0.15) is 29.7 Å². The second-order valence-electron chi connectivity index (χ2n) is 5.71. The fraction of sp³-hybridized carbons (Fsp3) is 0.294. The van der Waals surface area contributed by atoms with Gasteiger partial charge in [0.05, 0.1) is 29.7 Å². The molecule has 3 N–H and O–H groups in total. The van der Waals surface area contributed by atoms with Gasteiger partial charge in [-0.2, -0.15) is 18.4 Å². The van der Waals surface area contributed by atoms with E-state index in [1.807, 2.05) is 11.2 Å². The molecular formula is C17H14BrF3N4O3. The van der Waals surface area contributed by atoms with Crippen LogP contribution in [0.5, 0.6) is 17.4 Å². The summed E-state index contributed by atoms with van der Waals surface area (Å²) in [5.41, 5.74) is 4.49. The first-order valence-corrected chi connectivity index (χ1v) is 8.75. The number of H-pyrrole nitrogens is 1. The molecule has 28 heavy (non-hydrogen) atoms. The van der Waals surface area contributed by atoms with Crippen LogP contribution in [0.25, 0.3) is 0 Å². The molecule has 1 aromatic carbocycles. The van der Waals surface area contributed by atoms with Gasteiger partial charge in [-0.05, 0) is 40.5 Å². The van der Waals surface area contributed by atoms with Crippen LogP contribution < -0.4 is 19.9 Å². The summed E-state index contributed by atoms with van der Waals surface area (Å²) in [6.07, 6.45) is -4.73. The van der Waals surface area contributed by atoms with Gasteiger partial charge >= 0.3 is 6.18 Å². The molecular weight excluding hydrogens is 445 g/mol. The molecule has 11 heteroatoms. The van der Waals surface area contributed by atoms with Crippen molar-refractivity contribution in [3.8, 4) is 23.4 Å². The Balaban J connectivity index is 2.28. The first-order valence-electron chi connectivity index (χ1n) is 7.96. The van der Waals surface area contributed by atoms with Gasteiger partial charge in [-0.1, -0.05) is 0 Å². The maximum Gasteiger partial charge on any atom is 0.433 e. The van der Waals surface area contributed by atoms with Crippen LogP contribution in [-0.4, -0.2) is 23.9 Å². The highest BCUT2D eigenvalue weighted by atomic mass is 79.9. The van der Waals surface area contributed by atoms with E-state index in [4.69, 9.17) is 19.9 Å². The summed E-state index contributed by atoms with van der Waals surface area (Å²) in [7, 11) is 1.40. The molecule has 1 unspecified atom stereocenters. The highest BCUT2D eigenvalue weighted by Crippen LogP contribution is 2.49. The second-order valence-corrected chi connectivity index (χ2v) is 6.56. The first-order chi connectivity index (χ1) is 13.2. The summed E-state index contributed by atoms with van der Waals surface area (Å²) in [6, 6.07) is 4.88. The van der Waals surface area contributed by atoms with Crippen molar-refractivity contribution >= 4 is 15.9 Å². The Hall–Kier alpha value is -2.87. The van der Waals surface area contributed by atoms with Crippen molar-refractivity contribution in [3.63, 3.8) is 0 Å². The van der Waals surface area contributed by atoms with Gasteiger partial charge in [-0.15, -0.1) is 5.10 Å². The van der Waals surface area contributed by atoms with Gasteiger partial charge in [-0.25, -0.2) is 0 Å². The van der Waals surface area contributed by atoms with Crippen LogP contribution in [-0.2, 0) is 6.18 Å². The first kappa shape index (κ1) is 19.9. The number of methoxy groups -OCH3 is 1. The molecule has 1 aromatic heterocycles. The smallest absolute Gasteiger partial charge is 0.433 e. The Morgan fingerprint density at radius 3 is 2.71 bits per heavy atom. The molecule has 7 nitrogen and oxygen atoms in total. The van der Waals surface area contributed by atoms with Crippen LogP contribution in [0.4, 0.5) is 13.2 Å². The van der Waals surface area contributed by atoms with E-state index in [2.05, 4.69) is 21.0 Å². The number of nitrogens with zero attached hydrogens (tertiary/aromatic N) is 2. The van der Waals surface area contributed by atoms with Crippen LogP contribution >= 0.6 is 15.9 Å². The number of nitrogens with two attached hydrogens (primary N) is 1. The fourth-order valence-corrected chi connectivity index (χ4v) is 3.56. The summed E-state index contributed by atoms with van der Waals surface area (Å²) in [5, 5.41) is 15.0. The van der Waals surface area contributed by atoms with Crippen molar-refractivity contribution in [1.82, 2.24) is 10.2 Å². The van der Waals surface area contributed by atoms with Crippen molar-refractivity contribution < 1.29 is 27.4 Å². The van der Waals surface area contributed by atoms with Crippen molar-refractivity contribution in [2.45, 2.75) is 19.0 Å². The SMILES string of the molecule is CCOc1c(Br)cc(C2C(C#N)=C(N)Oc3n[nH]c(C(F)(F)F)c32)cc1OC. The third kappa shape index (κ3) is 3.24. The Labute approximate surface area is 166 Å². The van der Waals surface area contributed by atoms with Gasteiger partial charge < -0.3 is 19.9 Å². The third-order valence-corrected chi connectivity index (χ3v) is 4.69. The molecule has 2 heterocycles. The minimum atomic E-state index is -4.73. The molecule has 2 aromatic rings. The molecule has 0 aliphatic carbocycles. The maximum atomic E-state index is 13.5. The summed E-state index contributed by atoms with van der Waals surface area (Å²) in [5.74, 6) is -1.14. The van der Waals surface area contributed by atoms with Gasteiger partial charge in [0, 0.05) is 0 Å². The average molecular weight is 459 g/mol. The molecule has 0 radical (unpaired) electrons. The lowest BCUT2D eigenvalue weighted by Gasteiger charge is -2.25. The van der Waals surface area contributed by atoms with Crippen LogP contribution in [0, 0.1) is 11.3 Å². The molecule has 1 aliphatic heterocycles. The van der Waals surface area contributed by atoms with Gasteiger partial charge in [0.2, 0.25) is 11.8 Å². The number of hydrogen-bond donors (Lipinski definition) is 2. The standard InChI is InChI=1S/C17H14BrF3N4O3/c1-3-27-13-9(18)4-7(5-10(13)26-2)11-8(6-22)15(23)28-16-12(11)14(24-25-16)17(19,20)21/h4-5,11H,3,23H2,1-2H3,(H,24,25). The number of alkyl halides is 3. The largest absolute Gasteiger partial charge is 0.493 e. The molecule has 148 valence electrons.